The van der Waals surface area contributed by atoms with E-state index in [1.807, 2.05) is 6.92 Å². The Morgan fingerprint density at radius 1 is 1.71 bits per heavy atom. The molecule has 0 aliphatic rings. The summed E-state index contributed by atoms with van der Waals surface area (Å²) in [5.74, 6) is 0. The van der Waals surface area contributed by atoms with E-state index in [0.717, 1.165) is 0 Å². The predicted molar refractivity (Wildman–Crippen MR) is 29.1 cm³/mol. The van der Waals surface area contributed by atoms with Gasteiger partial charge in [-0.2, -0.15) is 0 Å². The number of hydroxylamine groups is 3. The summed E-state index contributed by atoms with van der Waals surface area (Å²) in [6.07, 6.45) is 0. The minimum Gasteiger partial charge on any atom is -0.632 e. The first-order chi connectivity index (χ1) is 3.12. The molecule has 0 bridgehead atoms. The molecule has 0 rings (SSSR count). The minimum atomic E-state index is -0.333. The monoisotopic (exact) mass is 104 g/mol. The number of hydrogen-bond acceptors (Lipinski definition) is 2. The lowest BCUT2D eigenvalue weighted by Crippen LogP contribution is -2.42. The Hall–Kier alpha value is -0.120. The second-order valence-corrected chi connectivity index (χ2v) is 1.80. The quantitative estimate of drug-likeness (QED) is 0.301. The molecule has 0 saturated carbocycles. The van der Waals surface area contributed by atoms with E-state index in [1.54, 1.807) is 7.05 Å². The Bertz CT molecular complexity index is 47.7. The average molecular weight is 104 g/mol. The Morgan fingerprint density at radius 2 is 2.14 bits per heavy atom. The van der Waals surface area contributed by atoms with Crippen LogP contribution in [-0.4, -0.2) is 24.9 Å². The second kappa shape index (κ2) is 2.26. The van der Waals surface area contributed by atoms with Crippen molar-refractivity contribution in [3.63, 3.8) is 0 Å². The highest BCUT2D eigenvalue weighted by atomic mass is 16.5. The van der Waals surface area contributed by atoms with Gasteiger partial charge in [-0.1, -0.05) is 0 Å². The molecule has 0 aromatic rings. The zero-order chi connectivity index (χ0) is 5.91. The van der Waals surface area contributed by atoms with Gasteiger partial charge in [-0.05, 0) is 6.92 Å². The van der Waals surface area contributed by atoms with Gasteiger partial charge in [-0.3, -0.25) is 5.73 Å². The van der Waals surface area contributed by atoms with Crippen LogP contribution in [-0.2, 0) is 0 Å². The van der Waals surface area contributed by atoms with E-state index in [0.29, 0.717) is 6.54 Å². The van der Waals surface area contributed by atoms with E-state index in [1.165, 1.54) is 0 Å². The van der Waals surface area contributed by atoms with Crippen molar-refractivity contribution in [1.82, 2.24) is 0 Å². The van der Waals surface area contributed by atoms with Gasteiger partial charge in [0, 0.05) is 0 Å². The van der Waals surface area contributed by atoms with Gasteiger partial charge in [0.25, 0.3) is 0 Å². The van der Waals surface area contributed by atoms with Gasteiger partial charge in [-0.25, -0.2) is 0 Å². The van der Waals surface area contributed by atoms with Crippen LogP contribution in [0.5, 0.6) is 0 Å². The molecule has 1 unspecified atom stereocenters. The van der Waals surface area contributed by atoms with Crippen molar-refractivity contribution >= 4 is 0 Å². The van der Waals surface area contributed by atoms with Crippen LogP contribution in [0, 0.1) is 5.21 Å². The van der Waals surface area contributed by atoms with E-state index in [9.17, 15) is 5.21 Å². The summed E-state index contributed by atoms with van der Waals surface area (Å²) in [7, 11) is 1.56. The van der Waals surface area contributed by atoms with Crippen molar-refractivity contribution in [2.75, 3.05) is 20.3 Å². The van der Waals surface area contributed by atoms with Gasteiger partial charge in [0.1, 0.15) is 6.67 Å². The molecule has 0 amide bonds. The predicted octanol–water partition coefficient (Wildman–Crippen LogP) is -0.133. The fraction of sp³-hybridized carbons (Fsp3) is 1.00. The Labute approximate surface area is 43.9 Å². The van der Waals surface area contributed by atoms with Gasteiger partial charge in [0.15, 0.2) is 0 Å². The minimum absolute atomic E-state index is 0.177. The SMILES string of the molecule is CC[N+](C)([O-])CN. The maximum Gasteiger partial charge on any atom is 0.129 e. The molecule has 0 fully saturated rings. The smallest absolute Gasteiger partial charge is 0.129 e. The maximum absolute atomic E-state index is 10.7. The normalized spacial score (nSPS) is 18.9. The standard InChI is InChI=1S/C4H12N2O/c1-3-6(2,7)4-5/h3-5H2,1-2H3. The molecule has 0 aromatic carbocycles. The number of nitrogens with two attached hydrogens (primary N) is 1. The van der Waals surface area contributed by atoms with Crippen LogP contribution in [0.4, 0.5) is 0 Å². The van der Waals surface area contributed by atoms with E-state index < -0.39 is 0 Å². The molecule has 0 heterocycles. The number of quaternary nitrogens is 1. The van der Waals surface area contributed by atoms with E-state index in [2.05, 4.69) is 0 Å². The average Bonchev–Trinajstić information content (AvgIpc) is 1.68. The van der Waals surface area contributed by atoms with Crippen molar-refractivity contribution in [2.24, 2.45) is 5.73 Å². The molecule has 0 aromatic heterocycles. The maximum atomic E-state index is 10.7. The molecule has 0 spiro atoms. The summed E-state index contributed by atoms with van der Waals surface area (Å²) in [6, 6.07) is 0. The first-order valence-electron chi connectivity index (χ1n) is 2.38. The molecule has 3 nitrogen and oxygen atoms in total. The second-order valence-electron chi connectivity index (χ2n) is 1.80. The Kier molecular flexibility index (Phi) is 2.22. The van der Waals surface area contributed by atoms with Crippen molar-refractivity contribution < 1.29 is 4.65 Å². The van der Waals surface area contributed by atoms with E-state index in [-0.39, 0.29) is 11.3 Å². The molecule has 44 valence electrons. The molecule has 0 aliphatic heterocycles. The van der Waals surface area contributed by atoms with Gasteiger partial charge in [-0.15, -0.1) is 0 Å². The Balaban J connectivity index is 3.36. The number of rotatable bonds is 2. The summed E-state index contributed by atoms with van der Waals surface area (Å²) in [5.41, 5.74) is 5.08. The first-order valence-corrected chi connectivity index (χ1v) is 2.38. The van der Waals surface area contributed by atoms with E-state index >= 15 is 0 Å². The lowest BCUT2D eigenvalue weighted by molar-refractivity contribution is -0.858. The molecule has 3 heteroatoms. The third kappa shape index (κ3) is 2.56. The van der Waals surface area contributed by atoms with Crippen molar-refractivity contribution in [3.8, 4) is 0 Å². The molecular formula is C4H12N2O. The molecule has 0 saturated heterocycles. The van der Waals surface area contributed by atoms with Gasteiger partial charge in [0.05, 0.1) is 13.6 Å². The lowest BCUT2D eigenvalue weighted by Gasteiger charge is -2.35. The van der Waals surface area contributed by atoms with Gasteiger partial charge < -0.3 is 9.85 Å². The summed E-state index contributed by atoms with van der Waals surface area (Å²) >= 11 is 0. The zero-order valence-electron chi connectivity index (χ0n) is 4.85. The fourth-order valence-electron chi connectivity index (χ4n) is 0.129. The lowest BCUT2D eigenvalue weighted by atomic mass is 10.6. The van der Waals surface area contributed by atoms with Crippen LogP contribution >= 0.6 is 0 Å². The fourth-order valence-corrected chi connectivity index (χ4v) is 0.129. The van der Waals surface area contributed by atoms with Crippen LogP contribution in [0.3, 0.4) is 0 Å². The summed E-state index contributed by atoms with van der Waals surface area (Å²) in [5, 5.41) is 10.7. The third-order valence-electron chi connectivity index (χ3n) is 1.06. The largest absolute Gasteiger partial charge is 0.632 e. The summed E-state index contributed by atoms with van der Waals surface area (Å²) in [4.78, 5) is 0. The van der Waals surface area contributed by atoms with Crippen LogP contribution in [0.1, 0.15) is 6.92 Å². The molecule has 7 heavy (non-hydrogen) atoms. The Morgan fingerprint density at radius 3 is 2.14 bits per heavy atom. The molecular weight excluding hydrogens is 92.1 g/mol. The van der Waals surface area contributed by atoms with E-state index in [4.69, 9.17) is 5.73 Å². The summed E-state index contributed by atoms with van der Waals surface area (Å²) in [6.45, 7) is 2.55. The van der Waals surface area contributed by atoms with Crippen LogP contribution in [0.2, 0.25) is 0 Å². The molecule has 0 radical (unpaired) electrons. The third-order valence-corrected chi connectivity index (χ3v) is 1.06. The van der Waals surface area contributed by atoms with Crippen LogP contribution < -0.4 is 5.73 Å². The highest BCUT2D eigenvalue weighted by Gasteiger charge is 1.98. The number of nitrogens with zero attached hydrogens (tertiary/aromatic N) is 1. The highest BCUT2D eigenvalue weighted by molar-refractivity contribution is 4.24. The highest BCUT2D eigenvalue weighted by Crippen LogP contribution is 1.90. The topological polar surface area (TPSA) is 49.1 Å². The van der Waals surface area contributed by atoms with Crippen molar-refractivity contribution in [2.45, 2.75) is 6.92 Å². The number of hydrogen-bond donors (Lipinski definition) is 1. The van der Waals surface area contributed by atoms with Crippen molar-refractivity contribution in [1.29, 1.82) is 0 Å². The molecule has 2 N–H and O–H groups in total. The first kappa shape index (κ1) is 6.88. The van der Waals surface area contributed by atoms with Crippen LogP contribution in [0.25, 0.3) is 0 Å². The van der Waals surface area contributed by atoms with Crippen LogP contribution in [0.15, 0.2) is 0 Å². The van der Waals surface area contributed by atoms with Crippen molar-refractivity contribution in [3.05, 3.63) is 5.21 Å². The summed E-state index contributed by atoms with van der Waals surface area (Å²) < 4.78 is -0.333. The van der Waals surface area contributed by atoms with Gasteiger partial charge in [0.2, 0.25) is 0 Å². The zero-order valence-corrected chi connectivity index (χ0v) is 4.85. The molecule has 0 aliphatic carbocycles. The van der Waals surface area contributed by atoms with Gasteiger partial charge >= 0.3 is 0 Å². The molecule has 1 atom stereocenters.